The average molecular weight is 328 g/mol. The zero-order valence-corrected chi connectivity index (χ0v) is 8.75. The minimum Gasteiger partial charge on any atom is -0.356 e. The molecule has 0 atom stereocenters. The smallest absolute Gasteiger partial charge is 0.356 e. The molecular weight excluding hydrogens is 324 g/mol. The van der Waals surface area contributed by atoms with Crippen LogP contribution in [0.3, 0.4) is 0 Å². The first-order valence-corrected chi connectivity index (χ1v) is 2.19. The first-order chi connectivity index (χ1) is 6.93. The van der Waals surface area contributed by atoms with Crippen molar-refractivity contribution in [1.82, 2.24) is 0 Å². The number of rotatable bonds is 0. The van der Waals surface area contributed by atoms with Crippen LogP contribution in [0, 0.1) is 61.3 Å². The Labute approximate surface area is 115 Å². The van der Waals surface area contributed by atoms with Crippen molar-refractivity contribution >= 4 is 11.0 Å². The minimum atomic E-state index is -1.75. The second-order valence-electron chi connectivity index (χ2n) is 0.894. The van der Waals surface area contributed by atoms with Gasteiger partial charge in [-0.05, 0) is 11.0 Å². The van der Waals surface area contributed by atoms with Crippen LogP contribution >= 0.6 is 0 Å². The van der Waals surface area contributed by atoms with Crippen molar-refractivity contribution in [3.05, 3.63) is 61.3 Å². The standard InChI is InChI=1S/4NO3.H4Si.Ti/c4*2-1(3)4;;/h;;;;1H4;/q4*-1;;+4. The zero-order chi connectivity index (χ0) is 14.3. The van der Waals surface area contributed by atoms with Gasteiger partial charge in [-0.25, -0.2) is 0 Å². The van der Waals surface area contributed by atoms with Crippen LogP contribution in [-0.2, 0) is 21.7 Å². The maximum absolute atomic E-state index is 8.25. The van der Waals surface area contributed by atoms with Crippen molar-refractivity contribution < 1.29 is 42.1 Å². The first-order valence-electron chi connectivity index (χ1n) is 2.19. The fourth-order valence-electron chi connectivity index (χ4n) is 0. The Hall–Kier alpha value is -2.27. The van der Waals surface area contributed by atoms with Gasteiger partial charge in [0.05, 0.1) is 20.3 Å². The van der Waals surface area contributed by atoms with Gasteiger partial charge in [-0.2, -0.15) is 0 Å². The van der Waals surface area contributed by atoms with Crippen LogP contribution in [0.25, 0.3) is 0 Å². The molecule has 0 N–H and O–H groups in total. The predicted molar refractivity (Wildman–Crippen MR) is 52.8 cm³/mol. The summed E-state index contributed by atoms with van der Waals surface area (Å²) >= 11 is 0. The van der Waals surface area contributed by atoms with Crippen molar-refractivity contribution in [2.75, 3.05) is 0 Å². The maximum Gasteiger partial charge on any atom is 4.00 e. The molecular formula is H4N4O12SiTi. The summed E-state index contributed by atoms with van der Waals surface area (Å²) in [7, 11) is 0. The Balaban J connectivity index is -0.0000000257. The van der Waals surface area contributed by atoms with Gasteiger partial charge in [0, 0.05) is 0 Å². The zero-order valence-electron chi connectivity index (χ0n) is 7.19. The molecule has 18 heteroatoms. The molecule has 0 saturated heterocycles. The number of hydrogen-bond donors (Lipinski definition) is 0. The van der Waals surface area contributed by atoms with E-state index in [1.165, 1.54) is 0 Å². The number of hydrogen-bond acceptors (Lipinski definition) is 12. The molecule has 0 aliphatic carbocycles. The molecule has 0 radical (unpaired) electrons. The van der Waals surface area contributed by atoms with Crippen LogP contribution in [0.1, 0.15) is 0 Å². The van der Waals surface area contributed by atoms with Crippen molar-refractivity contribution in [2.24, 2.45) is 0 Å². The molecule has 0 saturated carbocycles. The Kier molecular flexibility index (Phi) is 58.7. The van der Waals surface area contributed by atoms with Crippen LogP contribution in [-0.4, -0.2) is 31.3 Å². The minimum absolute atomic E-state index is 0. The second-order valence-corrected chi connectivity index (χ2v) is 0.894. The van der Waals surface area contributed by atoms with Gasteiger partial charge < -0.3 is 61.3 Å². The summed E-state index contributed by atoms with van der Waals surface area (Å²) < 4.78 is 0. The van der Waals surface area contributed by atoms with Gasteiger partial charge in [-0.1, -0.05) is 0 Å². The molecule has 0 bridgehead atoms. The van der Waals surface area contributed by atoms with Crippen LogP contribution in [0.2, 0.25) is 0 Å². The molecule has 0 unspecified atom stereocenters. The van der Waals surface area contributed by atoms with E-state index < -0.39 is 20.3 Å². The summed E-state index contributed by atoms with van der Waals surface area (Å²) in [5.41, 5.74) is 0. The largest absolute Gasteiger partial charge is 4.00 e. The van der Waals surface area contributed by atoms with Gasteiger partial charge in [0.1, 0.15) is 0 Å². The molecule has 104 valence electrons. The molecule has 16 nitrogen and oxygen atoms in total. The second kappa shape index (κ2) is 29.3. The van der Waals surface area contributed by atoms with Gasteiger partial charge in [0.25, 0.3) is 0 Å². The van der Waals surface area contributed by atoms with Gasteiger partial charge in [-0.15, -0.1) is 0 Å². The predicted octanol–water partition coefficient (Wildman–Crippen LogP) is -2.41. The molecule has 0 aromatic carbocycles. The molecule has 0 aromatic heterocycles. The Bertz CT molecular complexity index is 164. The summed E-state index contributed by atoms with van der Waals surface area (Å²) in [6.45, 7) is 0. The fourth-order valence-corrected chi connectivity index (χ4v) is 0. The molecule has 0 fully saturated rings. The van der Waals surface area contributed by atoms with E-state index in [1.54, 1.807) is 0 Å². The molecule has 0 amide bonds. The maximum atomic E-state index is 8.25. The van der Waals surface area contributed by atoms with Gasteiger partial charge >= 0.3 is 21.7 Å². The Morgan fingerprint density at radius 2 is 0.444 bits per heavy atom. The van der Waals surface area contributed by atoms with E-state index in [9.17, 15) is 0 Å². The van der Waals surface area contributed by atoms with Crippen molar-refractivity contribution in [2.45, 2.75) is 0 Å². The van der Waals surface area contributed by atoms with E-state index >= 15 is 0 Å². The SMILES string of the molecule is O=[N+]([O-])[O-].O=[N+]([O-])[O-].O=[N+]([O-])[O-].O=[N+]([O-])[O-].[SiH4].[Ti+4]. The third kappa shape index (κ3) is 432. The molecule has 0 aromatic rings. The Morgan fingerprint density at radius 1 is 0.444 bits per heavy atom. The molecule has 0 spiro atoms. The molecule has 0 aliphatic heterocycles. The van der Waals surface area contributed by atoms with E-state index in [-0.39, 0.29) is 32.7 Å². The Morgan fingerprint density at radius 3 is 0.444 bits per heavy atom. The van der Waals surface area contributed by atoms with Crippen molar-refractivity contribution in [3.8, 4) is 0 Å². The van der Waals surface area contributed by atoms with E-state index in [4.69, 9.17) is 61.3 Å². The molecule has 0 rings (SSSR count). The number of nitrogens with zero attached hydrogens (tertiary/aromatic N) is 4. The molecule has 18 heavy (non-hydrogen) atoms. The average Bonchev–Trinajstić information content (AvgIpc) is 1.76. The summed E-state index contributed by atoms with van der Waals surface area (Å²) in [5, 5.41) is 59.0. The van der Waals surface area contributed by atoms with Crippen LogP contribution in [0.15, 0.2) is 0 Å². The summed E-state index contributed by atoms with van der Waals surface area (Å²) in [5.74, 6) is 0. The topological polar surface area (TPSA) is 265 Å². The summed E-state index contributed by atoms with van der Waals surface area (Å²) in [6, 6.07) is 0. The quantitative estimate of drug-likeness (QED) is 0.255. The van der Waals surface area contributed by atoms with Crippen molar-refractivity contribution in [3.63, 3.8) is 0 Å². The van der Waals surface area contributed by atoms with E-state index in [2.05, 4.69) is 0 Å². The fraction of sp³-hybridized carbons (Fsp3) is 0. The van der Waals surface area contributed by atoms with Gasteiger partial charge in [0.15, 0.2) is 0 Å². The van der Waals surface area contributed by atoms with Crippen LogP contribution < -0.4 is 0 Å². The third-order valence-corrected chi connectivity index (χ3v) is 0. The summed E-state index contributed by atoms with van der Waals surface area (Å²) in [6.07, 6.45) is 0. The van der Waals surface area contributed by atoms with E-state index in [1.807, 2.05) is 0 Å². The van der Waals surface area contributed by atoms with Crippen molar-refractivity contribution in [1.29, 1.82) is 0 Å². The van der Waals surface area contributed by atoms with Gasteiger partial charge in [0.2, 0.25) is 0 Å². The molecule has 0 aliphatic rings. The van der Waals surface area contributed by atoms with E-state index in [0.717, 1.165) is 0 Å². The van der Waals surface area contributed by atoms with Crippen LogP contribution in [0.5, 0.6) is 0 Å². The van der Waals surface area contributed by atoms with Gasteiger partial charge in [-0.3, -0.25) is 0 Å². The summed E-state index contributed by atoms with van der Waals surface area (Å²) in [4.78, 5) is 33.0. The third-order valence-electron chi connectivity index (χ3n) is 0. The van der Waals surface area contributed by atoms with Crippen LogP contribution in [0.4, 0.5) is 0 Å². The normalized spacial score (nSPS) is 5.33. The monoisotopic (exact) mass is 328 g/mol. The van der Waals surface area contributed by atoms with E-state index in [0.29, 0.717) is 0 Å². The first kappa shape index (κ1) is 36.1. The molecule has 0 heterocycles.